The molecule has 0 N–H and O–H groups in total. The smallest absolute Gasteiger partial charge is 0.119 e. The van der Waals surface area contributed by atoms with Gasteiger partial charge in [-0.25, -0.2) is 0 Å². The summed E-state index contributed by atoms with van der Waals surface area (Å²) in [4.78, 5) is 4.10. The van der Waals surface area contributed by atoms with E-state index < -0.39 is 0 Å². The molecule has 2 radical (unpaired) electrons. The molecule has 0 saturated carbocycles. The zero-order chi connectivity index (χ0) is 14.7. The fourth-order valence-corrected chi connectivity index (χ4v) is 1.40. The summed E-state index contributed by atoms with van der Waals surface area (Å²) < 4.78 is 5.42. The first kappa shape index (κ1) is 21.6. The second-order valence-corrected chi connectivity index (χ2v) is 5.02. The van der Waals surface area contributed by atoms with Gasteiger partial charge in [-0.1, -0.05) is 0 Å². The first-order chi connectivity index (χ1) is 8.95. The lowest BCUT2D eigenvalue weighted by atomic mass is 10.3. The number of ether oxygens (including phenoxy) is 1. The average Bonchev–Trinajstić information content (AvgIpc) is 2.32. The molecule has 0 fully saturated rings. The molecule has 0 aromatic heterocycles. The van der Waals surface area contributed by atoms with Crippen LogP contribution in [0.15, 0.2) is 24.3 Å². The fraction of sp³-hybridized carbons (Fsp3) is 0.571. The van der Waals surface area contributed by atoms with E-state index in [9.17, 15) is 0 Å². The van der Waals surface area contributed by atoms with Crippen LogP contribution in [0.25, 0.3) is 0 Å². The van der Waals surface area contributed by atoms with Gasteiger partial charge in [0.25, 0.3) is 0 Å². The van der Waals surface area contributed by atoms with Crippen molar-refractivity contribution in [3.63, 3.8) is 0 Å². The van der Waals surface area contributed by atoms with Crippen LogP contribution in [0.4, 0.5) is 5.69 Å². The highest BCUT2D eigenvalue weighted by atomic mass is 35.5. The summed E-state index contributed by atoms with van der Waals surface area (Å²) in [6, 6.07) is 6.74. The first-order valence-electron chi connectivity index (χ1n) is 6.23. The summed E-state index contributed by atoms with van der Waals surface area (Å²) in [5, 5.41) is 0. The molecule has 1 aromatic rings. The number of rotatable bonds is 6. The Hall–Kier alpha value is -0.680. The molecule has 0 spiro atoms. The van der Waals surface area contributed by atoms with Crippen LogP contribution in [0.5, 0.6) is 5.75 Å². The zero-order valence-corrected chi connectivity index (χ0v) is 14.2. The Bertz CT molecular complexity index is 319. The summed E-state index contributed by atoms with van der Waals surface area (Å²) >= 11 is 5.35. The van der Waals surface area contributed by atoms with Gasteiger partial charge in [0.2, 0.25) is 0 Å². The van der Waals surface area contributed by atoms with Crippen molar-refractivity contribution < 1.29 is 4.74 Å². The summed E-state index contributed by atoms with van der Waals surface area (Å²) in [5.74, 6) is 1.52. The normalized spacial score (nSPS) is 9.75. The Kier molecular flexibility index (Phi) is 14.4. The topological polar surface area (TPSA) is 38.0 Å². The Morgan fingerprint density at radius 3 is 1.85 bits per heavy atom. The van der Waals surface area contributed by atoms with Crippen molar-refractivity contribution in [2.75, 3.05) is 53.8 Å². The van der Waals surface area contributed by atoms with Crippen molar-refractivity contribution in [2.24, 2.45) is 0 Å². The zero-order valence-electron chi connectivity index (χ0n) is 12.7. The quantitative estimate of drug-likeness (QED) is 0.756. The predicted molar refractivity (Wildman–Crippen MR) is 88.8 cm³/mol. The van der Waals surface area contributed by atoms with Crippen LogP contribution >= 0.6 is 24.0 Å². The van der Waals surface area contributed by atoms with Crippen LogP contribution < -0.4 is 10.5 Å². The number of alkyl halides is 1. The number of halogens is 2. The molecule has 0 unspecified atom stereocenters. The van der Waals surface area contributed by atoms with E-state index in [0.717, 1.165) is 24.7 Å². The van der Waals surface area contributed by atoms with Gasteiger partial charge >= 0.3 is 0 Å². The lowest BCUT2D eigenvalue weighted by Gasteiger charge is -2.10. The molecule has 0 aliphatic carbocycles. The first-order valence-corrected chi connectivity index (χ1v) is 6.76. The highest BCUT2D eigenvalue weighted by Crippen LogP contribution is 2.13. The highest BCUT2D eigenvalue weighted by molar-refractivity contribution is 6.18. The molecule has 1 aromatic carbocycles. The van der Waals surface area contributed by atoms with Crippen molar-refractivity contribution in [1.82, 2.24) is 15.5 Å². The molecule has 0 heterocycles. The van der Waals surface area contributed by atoms with Gasteiger partial charge in [-0.15, -0.1) is 24.0 Å². The number of likely N-dealkylation sites (N-methyl/N-ethyl adjacent to an activating group) is 1. The largest absolute Gasteiger partial charge is 0.492 e. The van der Waals surface area contributed by atoms with Crippen LogP contribution in [0.2, 0.25) is 0 Å². The van der Waals surface area contributed by atoms with Crippen LogP contribution in [0.1, 0.15) is 0 Å². The Morgan fingerprint density at radius 1 is 1.00 bits per heavy atom. The molecule has 0 saturated heterocycles. The number of hydrogen-bond donors (Lipinski definition) is 0. The third-order valence-corrected chi connectivity index (χ3v) is 2.34. The molecule has 20 heavy (non-hydrogen) atoms. The van der Waals surface area contributed by atoms with Crippen LogP contribution in [-0.4, -0.2) is 63.6 Å². The van der Waals surface area contributed by atoms with E-state index in [-0.39, 0.29) is 18.1 Å². The summed E-state index contributed by atoms with van der Waals surface area (Å²) in [6.45, 7) is 2.53. The predicted octanol–water partition coefficient (Wildman–Crippen LogP) is 2.54. The van der Waals surface area contributed by atoms with Crippen molar-refractivity contribution in [3.8, 4) is 5.75 Å². The minimum Gasteiger partial charge on any atom is -0.492 e. The summed E-state index contributed by atoms with van der Waals surface area (Å²) in [6.07, 6.45) is 0. The molecular weight excluding hydrogens is 297 g/mol. The Labute approximate surface area is 134 Å². The van der Waals surface area contributed by atoms with Crippen molar-refractivity contribution in [2.45, 2.75) is 0 Å². The fourth-order valence-electron chi connectivity index (χ4n) is 1.06. The molecular formula is C14H25Cl2N3O. The molecule has 6 heteroatoms. The summed E-state index contributed by atoms with van der Waals surface area (Å²) in [7, 11) is 8.01. The molecule has 0 aliphatic heterocycles. The minimum atomic E-state index is 0. The molecule has 0 atom stereocenters. The Morgan fingerprint density at radius 2 is 1.50 bits per heavy atom. The van der Waals surface area contributed by atoms with Gasteiger partial charge in [0.1, 0.15) is 12.4 Å². The van der Waals surface area contributed by atoms with E-state index >= 15 is 0 Å². The highest BCUT2D eigenvalue weighted by Gasteiger charge is 1.94. The van der Waals surface area contributed by atoms with Gasteiger partial charge in [-0.3, -0.25) is 0 Å². The van der Waals surface area contributed by atoms with E-state index in [2.05, 4.69) is 4.90 Å². The third kappa shape index (κ3) is 13.7. The van der Waals surface area contributed by atoms with Gasteiger partial charge in [0.15, 0.2) is 0 Å². The maximum Gasteiger partial charge on any atom is 0.119 e. The van der Waals surface area contributed by atoms with E-state index in [1.807, 2.05) is 33.1 Å². The SMILES string of the molecule is CN(C)CCCl.CN(C)CCOc1ccc([N])cc1.Cl. The lowest BCUT2D eigenvalue weighted by Crippen LogP contribution is -2.19. The van der Waals surface area contributed by atoms with Crippen molar-refractivity contribution in [3.05, 3.63) is 24.3 Å². The molecule has 116 valence electrons. The van der Waals surface area contributed by atoms with Crippen molar-refractivity contribution in [1.29, 1.82) is 0 Å². The second kappa shape index (κ2) is 13.3. The van der Waals surface area contributed by atoms with E-state index in [1.165, 1.54) is 0 Å². The Balaban J connectivity index is 0. The summed E-state index contributed by atoms with van der Waals surface area (Å²) in [5.41, 5.74) is 9.27. The standard InChI is InChI=1S/C10H14N2O.C4H10ClN.ClH/c1-12(2)7-8-13-10-5-3-9(11)4-6-10;1-6(2)4-3-5;/h3-6H,7-8H2,1-2H3;3-4H2,1-2H3;1H. The van der Waals surface area contributed by atoms with Crippen LogP contribution in [0.3, 0.4) is 0 Å². The minimum absolute atomic E-state index is 0. The van der Waals surface area contributed by atoms with Gasteiger partial charge in [-0.05, 0) is 52.5 Å². The van der Waals surface area contributed by atoms with Gasteiger partial charge in [-0.2, -0.15) is 5.73 Å². The molecule has 1 rings (SSSR count). The van der Waals surface area contributed by atoms with Gasteiger partial charge in [0, 0.05) is 19.0 Å². The van der Waals surface area contributed by atoms with Crippen LogP contribution in [0, 0.1) is 0 Å². The molecule has 0 amide bonds. The average molecular weight is 322 g/mol. The van der Waals surface area contributed by atoms with Gasteiger partial charge < -0.3 is 14.5 Å². The van der Waals surface area contributed by atoms with Crippen LogP contribution in [-0.2, 0) is 0 Å². The van der Waals surface area contributed by atoms with E-state index in [0.29, 0.717) is 6.61 Å². The molecule has 0 aliphatic rings. The maximum absolute atomic E-state index is 9.01. The monoisotopic (exact) mass is 321 g/mol. The lowest BCUT2D eigenvalue weighted by molar-refractivity contribution is 0.261. The number of benzene rings is 1. The van der Waals surface area contributed by atoms with E-state index in [1.54, 1.807) is 24.3 Å². The van der Waals surface area contributed by atoms with Gasteiger partial charge in [0.05, 0.1) is 5.69 Å². The second-order valence-electron chi connectivity index (χ2n) is 4.64. The van der Waals surface area contributed by atoms with Crippen molar-refractivity contribution >= 4 is 29.7 Å². The molecule has 4 nitrogen and oxygen atoms in total. The maximum atomic E-state index is 9.01. The van der Waals surface area contributed by atoms with E-state index in [4.69, 9.17) is 22.1 Å². The third-order valence-electron chi connectivity index (χ3n) is 2.18. The number of hydrogen-bond acceptors (Lipinski definition) is 3. The number of nitrogens with zero attached hydrogens (tertiary/aromatic N) is 3. The molecule has 0 bridgehead atoms.